The highest BCUT2D eigenvalue weighted by Gasteiger charge is 2.18. The fourth-order valence-electron chi connectivity index (χ4n) is 9.62. The third-order valence-corrected chi connectivity index (χ3v) is 12.1. The van der Waals surface area contributed by atoms with Crippen molar-refractivity contribution < 1.29 is 0 Å². The van der Waals surface area contributed by atoms with Gasteiger partial charge in [0.2, 0.25) is 0 Å². The van der Waals surface area contributed by atoms with Crippen molar-refractivity contribution in [1.29, 1.82) is 0 Å². The van der Waals surface area contributed by atoms with E-state index in [4.69, 9.17) is 0 Å². The number of benzene rings is 11. The van der Waals surface area contributed by atoms with E-state index in [1.165, 1.54) is 120 Å². The van der Waals surface area contributed by atoms with Crippen LogP contribution in [0.1, 0.15) is 0 Å². The van der Waals surface area contributed by atoms with Crippen LogP contribution >= 0.6 is 0 Å². The second kappa shape index (κ2) is 12.1. The molecule has 12 aromatic carbocycles. The van der Waals surface area contributed by atoms with E-state index in [0.29, 0.717) is 0 Å². The van der Waals surface area contributed by atoms with Crippen molar-refractivity contribution in [3.63, 3.8) is 0 Å². The highest BCUT2D eigenvalue weighted by atomic mass is 14.2. The molecule has 0 bridgehead atoms. The maximum Gasteiger partial charge on any atom is -0.00199 e. The van der Waals surface area contributed by atoms with Gasteiger partial charge in [-0.25, -0.2) is 0 Å². The molecular weight excluding hydrogens is 673 g/mol. The molecule has 0 N–H and O–H groups in total. The van der Waals surface area contributed by atoms with Crippen molar-refractivity contribution in [3.8, 4) is 33.4 Å². The Morgan fingerprint density at radius 2 is 0.679 bits per heavy atom. The van der Waals surface area contributed by atoms with Crippen molar-refractivity contribution in [2.75, 3.05) is 0 Å². The summed E-state index contributed by atoms with van der Waals surface area (Å²) in [5.74, 6) is 0. The Balaban J connectivity index is 1.23. The summed E-state index contributed by atoms with van der Waals surface area (Å²) in [5, 5.41) is 20.4. The molecule has 12 rings (SSSR count). The lowest BCUT2D eigenvalue weighted by Crippen LogP contribution is -1.91. The summed E-state index contributed by atoms with van der Waals surface area (Å²) in [6, 6.07) is 76.9. The Hall–Kier alpha value is -7.28. The van der Waals surface area contributed by atoms with E-state index in [0.717, 1.165) is 0 Å². The number of hydrogen-bond acceptors (Lipinski definition) is 0. The summed E-state index contributed by atoms with van der Waals surface area (Å²) in [6.45, 7) is 0. The number of fused-ring (bicyclic) bond motifs is 9. The molecule has 56 heavy (non-hydrogen) atoms. The van der Waals surface area contributed by atoms with Gasteiger partial charge in [0.15, 0.2) is 0 Å². The van der Waals surface area contributed by atoms with Gasteiger partial charge in [-0.2, -0.15) is 0 Å². The molecule has 0 nitrogen and oxygen atoms in total. The summed E-state index contributed by atoms with van der Waals surface area (Å²) in [6.07, 6.45) is 0. The van der Waals surface area contributed by atoms with E-state index < -0.39 is 0 Å². The van der Waals surface area contributed by atoms with Gasteiger partial charge in [-0.15, -0.1) is 0 Å². The molecule has 12 aromatic rings. The van der Waals surface area contributed by atoms with Crippen LogP contribution in [0.3, 0.4) is 0 Å². The van der Waals surface area contributed by atoms with Crippen LogP contribution in [0.2, 0.25) is 0 Å². The molecule has 0 aliphatic rings. The highest BCUT2D eigenvalue weighted by molar-refractivity contribution is 6.33. The van der Waals surface area contributed by atoms with Crippen molar-refractivity contribution in [3.05, 3.63) is 206 Å². The van der Waals surface area contributed by atoms with Gasteiger partial charge in [-0.1, -0.05) is 170 Å². The lowest BCUT2D eigenvalue weighted by molar-refractivity contribution is 1.60. The molecule has 0 spiro atoms. The molecular formula is C56H34. The molecule has 0 saturated heterocycles. The summed E-state index contributed by atoms with van der Waals surface area (Å²) in [4.78, 5) is 0. The van der Waals surface area contributed by atoms with Gasteiger partial charge in [0.1, 0.15) is 0 Å². The third-order valence-electron chi connectivity index (χ3n) is 12.1. The minimum atomic E-state index is 1.20. The Morgan fingerprint density at radius 3 is 1.45 bits per heavy atom. The van der Waals surface area contributed by atoms with Crippen molar-refractivity contribution in [2.45, 2.75) is 0 Å². The second-order valence-electron chi connectivity index (χ2n) is 15.2. The van der Waals surface area contributed by atoms with E-state index in [1.807, 2.05) is 0 Å². The third kappa shape index (κ3) is 4.66. The molecule has 0 heterocycles. The Kier molecular flexibility index (Phi) is 6.73. The quantitative estimate of drug-likeness (QED) is 0.127. The molecule has 0 amide bonds. The van der Waals surface area contributed by atoms with Crippen LogP contribution in [0.4, 0.5) is 0 Å². The first-order chi connectivity index (χ1) is 27.8. The highest BCUT2D eigenvalue weighted by Crippen LogP contribution is 2.45. The van der Waals surface area contributed by atoms with Crippen LogP contribution in [0.25, 0.3) is 120 Å². The molecule has 0 saturated carbocycles. The van der Waals surface area contributed by atoms with Gasteiger partial charge in [0.25, 0.3) is 0 Å². The van der Waals surface area contributed by atoms with Crippen LogP contribution in [0, 0.1) is 0 Å². The first-order valence-electron chi connectivity index (χ1n) is 19.5. The molecule has 258 valence electrons. The second-order valence-corrected chi connectivity index (χ2v) is 15.2. The average Bonchev–Trinajstić information content (AvgIpc) is 3.27. The number of hydrogen-bond donors (Lipinski definition) is 0. The summed E-state index contributed by atoms with van der Waals surface area (Å²) in [5.41, 5.74) is 7.32. The van der Waals surface area contributed by atoms with E-state index in [1.54, 1.807) is 0 Å². The van der Waals surface area contributed by atoms with Crippen LogP contribution in [-0.4, -0.2) is 0 Å². The fourth-order valence-corrected chi connectivity index (χ4v) is 9.62. The summed E-state index contributed by atoms with van der Waals surface area (Å²) in [7, 11) is 0. The molecule has 0 atom stereocenters. The van der Waals surface area contributed by atoms with Crippen LogP contribution < -0.4 is 0 Å². The molecule has 0 unspecified atom stereocenters. The monoisotopic (exact) mass is 706 g/mol. The predicted molar refractivity (Wildman–Crippen MR) is 243 cm³/mol. The fraction of sp³-hybridized carbons (Fsp3) is 0. The molecule has 0 fully saturated rings. The smallest absolute Gasteiger partial charge is 0.00199 e. The SMILES string of the molecule is c1ccc(-c2cc(-c3cc4ccc5cccc6c7ccccc7c7ccccc7c(c3)c4c56)cc(-c3c4ccccc4cc4c3ccc3ccccc34)c2)cc1. The predicted octanol–water partition coefficient (Wildman–Crippen LogP) is 15.9. The van der Waals surface area contributed by atoms with Crippen LogP contribution in [0.15, 0.2) is 206 Å². The van der Waals surface area contributed by atoms with Crippen molar-refractivity contribution in [1.82, 2.24) is 0 Å². The van der Waals surface area contributed by atoms with E-state index in [9.17, 15) is 0 Å². The lowest BCUT2D eigenvalue weighted by atomic mass is 9.85. The van der Waals surface area contributed by atoms with Gasteiger partial charge in [0.05, 0.1) is 0 Å². The Morgan fingerprint density at radius 1 is 0.179 bits per heavy atom. The Bertz CT molecular complexity index is 3570. The maximum atomic E-state index is 2.47. The minimum absolute atomic E-state index is 1.20. The van der Waals surface area contributed by atoms with E-state index in [2.05, 4.69) is 206 Å². The van der Waals surface area contributed by atoms with E-state index in [-0.39, 0.29) is 0 Å². The summed E-state index contributed by atoms with van der Waals surface area (Å²) >= 11 is 0. The largest absolute Gasteiger partial charge is 0.0622 e. The topological polar surface area (TPSA) is 0 Å². The Labute approximate surface area is 324 Å². The first kappa shape index (κ1) is 31.1. The van der Waals surface area contributed by atoms with Gasteiger partial charge in [0, 0.05) is 0 Å². The summed E-state index contributed by atoms with van der Waals surface area (Å²) < 4.78 is 0. The van der Waals surface area contributed by atoms with Crippen LogP contribution in [0.5, 0.6) is 0 Å². The van der Waals surface area contributed by atoms with Gasteiger partial charge in [-0.3, -0.25) is 0 Å². The minimum Gasteiger partial charge on any atom is -0.0622 e. The zero-order valence-electron chi connectivity index (χ0n) is 30.6. The first-order valence-corrected chi connectivity index (χ1v) is 19.5. The zero-order valence-corrected chi connectivity index (χ0v) is 30.6. The molecule has 0 radical (unpaired) electrons. The van der Waals surface area contributed by atoms with Gasteiger partial charge in [-0.05, 0) is 156 Å². The van der Waals surface area contributed by atoms with Crippen LogP contribution in [-0.2, 0) is 0 Å². The standard InChI is InChI=1S/C56H34/c1-2-13-35(14-3-1)40-30-41(32-43(31-40)54-45-19-7-5-16-38(45)33-52-44-18-6-4-15-36(44)27-28-51(52)54)42-29-39-26-25-37-17-12-24-50-48-22-10-8-20-46(48)47-21-9-11-23-49(47)53(34-42)56(39)55(37)50/h1-34H. The molecule has 0 aliphatic heterocycles. The van der Waals surface area contributed by atoms with Crippen molar-refractivity contribution >= 4 is 86.2 Å². The molecule has 0 heteroatoms. The average molecular weight is 707 g/mol. The maximum absolute atomic E-state index is 2.47. The van der Waals surface area contributed by atoms with Gasteiger partial charge >= 0.3 is 0 Å². The van der Waals surface area contributed by atoms with Crippen molar-refractivity contribution in [2.24, 2.45) is 0 Å². The van der Waals surface area contributed by atoms with Gasteiger partial charge < -0.3 is 0 Å². The van der Waals surface area contributed by atoms with E-state index >= 15 is 0 Å². The normalized spacial score (nSPS) is 11.9. The lowest BCUT2D eigenvalue weighted by Gasteiger charge is -2.18. The number of rotatable bonds is 3. The zero-order chi connectivity index (χ0) is 36.7. The molecule has 0 aromatic heterocycles. The molecule has 0 aliphatic carbocycles.